The summed E-state index contributed by atoms with van der Waals surface area (Å²) < 4.78 is 11.3. The Morgan fingerprint density at radius 2 is 1.93 bits per heavy atom. The van der Waals surface area contributed by atoms with Crippen LogP contribution in [0.3, 0.4) is 0 Å². The minimum absolute atomic E-state index is 0.324. The van der Waals surface area contributed by atoms with E-state index >= 15 is 0 Å². The molecule has 1 aliphatic rings. The maximum Gasteiger partial charge on any atom is 0.171 e. The van der Waals surface area contributed by atoms with E-state index in [1.807, 2.05) is 6.08 Å². The number of ether oxygens (including phenoxy) is 2. The van der Waals surface area contributed by atoms with Crippen molar-refractivity contribution in [3.05, 3.63) is 12.7 Å². The normalized spacial score (nSPS) is 19.8. The molecule has 0 bridgehead atoms. The quantitative estimate of drug-likeness (QED) is 0.461. The van der Waals surface area contributed by atoms with Crippen LogP contribution in [-0.2, 0) is 9.47 Å². The third kappa shape index (κ3) is 3.43. The Balaban J connectivity index is 2.24. The summed E-state index contributed by atoms with van der Waals surface area (Å²) in [5.41, 5.74) is 0. The number of rotatable bonds is 7. The largest absolute Gasteiger partial charge is 0.347 e. The van der Waals surface area contributed by atoms with E-state index in [1.165, 1.54) is 25.7 Å². The fraction of sp³-hybridized carbons (Fsp3) is 0.833. The lowest BCUT2D eigenvalue weighted by molar-refractivity contribution is -0.159. The zero-order valence-electron chi connectivity index (χ0n) is 9.26. The third-order valence-electron chi connectivity index (χ3n) is 2.68. The van der Waals surface area contributed by atoms with Crippen LogP contribution >= 0.6 is 0 Å². The third-order valence-corrected chi connectivity index (χ3v) is 2.68. The molecular weight excluding hydrogens is 176 g/mol. The van der Waals surface area contributed by atoms with Crippen LogP contribution in [0.2, 0.25) is 0 Å². The van der Waals surface area contributed by atoms with E-state index in [0.717, 1.165) is 26.1 Å². The van der Waals surface area contributed by atoms with E-state index in [0.29, 0.717) is 0 Å². The van der Waals surface area contributed by atoms with Crippen LogP contribution in [0, 0.1) is 0 Å². The predicted molar refractivity (Wildman–Crippen MR) is 58.2 cm³/mol. The summed E-state index contributed by atoms with van der Waals surface area (Å²) in [4.78, 5) is 0. The Bertz CT molecular complexity index is 160. The predicted octanol–water partition coefficient (Wildman–Crippen LogP) is 3.28. The van der Waals surface area contributed by atoms with E-state index in [9.17, 15) is 0 Å². The first kappa shape index (κ1) is 11.7. The molecule has 2 heteroatoms. The van der Waals surface area contributed by atoms with Gasteiger partial charge in [-0.3, -0.25) is 0 Å². The highest BCUT2D eigenvalue weighted by Crippen LogP contribution is 2.29. The van der Waals surface area contributed by atoms with Gasteiger partial charge < -0.3 is 9.47 Å². The van der Waals surface area contributed by atoms with Gasteiger partial charge in [0.2, 0.25) is 0 Å². The minimum atomic E-state index is -0.324. The Kier molecular flexibility index (Phi) is 5.20. The summed E-state index contributed by atoms with van der Waals surface area (Å²) in [6, 6.07) is 0. The fourth-order valence-electron chi connectivity index (χ4n) is 1.90. The number of hydrogen-bond donors (Lipinski definition) is 0. The van der Waals surface area contributed by atoms with Crippen molar-refractivity contribution in [2.45, 2.75) is 51.2 Å². The lowest BCUT2D eigenvalue weighted by atomic mass is 10.0. The molecule has 1 rings (SSSR count). The van der Waals surface area contributed by atoms with Gasteiger partial charge >= 0.3 is 0 Å². The molecule has 0 aromatic heterocycles. The van der Waals surface area contributed by atoms with Gasteiger partial charge in [-0.25, -0.2) is 0 Å². The molecular formula is C12H22O2. The molecule has 0 saturated carbocycles. The molecule has 1 heterocycles. The maximum absolute atomic E-state index is 5.67. The minimum Gasteiger partial charge on any atom is -0.347 e. The summed E-state index contributed by atoms with van der Waals surface area (Å²) in [6.45, 7) is 7.45. The number of hydrogen-bond acceptors (Lipinski definition) is 2. The van der Waals surface area contributed by atoms with Crippen LogP contribution in [-0.4, -0.2) is 19.0 Å². The second-order valence-corrected chi connectivity index (χ2v) is 3.91. The Morgan fingerprint density at radius 3 is 2.50 bits per heavy atom. The Hall–Kier alpha value is -0.340. The van der Waals surface area contributed by atoms with Gasteiger partial charge in [-0.05, 0) is 6.42 Å². The molecule has 82 valence electrons. The van der Waals surface area contributed by atoms with Crippen molar-refractivity contribution in [1.82, 2.24) is 0 Å². The van der Waals surface area contributed by atoms with Gasteiger partial charge in [0.1, 0.15) is 0 Å². The van der Waals surface area contributed by atoms with E-state index in [1.54, 1.807) is 0 Å². The van der Waals surface area contributed by atoms with Crippen molar-refractivity contribution >= 4 is 0 Å². The summed E-state index contributed by atoms with van der Waals surface area (Å²) in [6.07, 6.45) is 8.79. The monoisotopic (exact) mass is 198 g/mol. The molecule has 1 saturated heterocycles. The summed E-state index contributed by atoms with van der Waals surface area (Å²) in [5, 5.41) is 0. The van der Waals surface area contributed by atoms with Crippen LogP contribution in [0.15, 0.2) is 12.7 Å². The second-order valence-electron chi connectivity index (χ2n) is 3.91. The van der Waals surface area contributed by atoms with Crippen molar-refractivity contribution in [1.29, 1.82) is 0 Å². The first-order valence-corrected chi connectivity index (χ1v) is 5.72. The smallest absolute Gasteiger partial charge is 0.171 e. The molecule has 0 aliphatic carbocycles. The van der Waals surface area contributed by atoms with Gasteiger partial charge in [0.15, 0.2) is 5.79 Å². The van der Waals surface area contributed by atoms with Crippen molar-refractivity contribution in [3.8, 4) is 0 Å². The molecule has 0 unspecified atom stereocenters. The van der Waals surface area contributed by atoms with Crippen molar-refractivity contribution in [2.75, 3.05) is 13.2 Å². The van der Waals surface area contributed by atoms with Gasteiger partial charge in [0.25, 0.3) is 0 Å². The standard InChI is InChI=1S/C12H22O2/c1-3-5-6-7-9-12(8-4-2)13-10-11-14-12/h4H,2-3,5-11H2,1H3. The molecule has 0 N–H and O–H groups in total. The fourth-order valence-corrected chi connectivity index (χ4v) is 1.90. The summed E-state index contributed by atoms with van der Waals surface area (Å²) >= 11 is 0. The van der Waals surface area contributed by atoms with Gasteiger partial charge in [-0.2, -0.15) is 0 Å². The van der Waals surface area contributed by atoms with Gasteiger partial charge in [-0.15, -0.1) is 6.58 Å². The first-order chi connectivity index (χ1) is 6.83. The van der Waals surface area contributed by atoms with E-state index in [-0.39, 0.29) is 5.79 Å². The molecule has 1 fully saturated rings. The van der Waals surface area contributed by atoms with Crippen LogP contribution in [0.5, 0.6) is 0 Å². The van der Waals surface area contributed by atoms with Crippen LogP contribution < -0.4 is 0 Å². The lowest BCUT2D eigenvalue weighted by Gasteiger charge is -2.25. The summed E-state index contributed by atoms with van der Waals surface area (Å²) in [7, 11) is 0. The van der Waals surface area contributed by atoms with Crippen LogP contribution in [0.1, 0.15) is 45.4 Å². The first-order valence-electron chi connectivity index (χ1n) is 5.72. The average molecular weight is 198 g/mol. The van der Waals surface area contributed by atoms with Crippen molar-refractivity contribution in [2.24, 2.45) is 0 Å². The van der Waals surface area contributed by atoms with Crippen LogP contribution in [0.25, 0.3) is 0 Å². The number of unbranched alkanes of at least 4 members (excludes halogenated alkanes) is 3. The highest BCUT2D eigenvalue weighted by Gasteiger charge is 2.34. The molecule has 14 heavy (non-hydrogen) atoms. The zero-order chi connectivity index (χ0) is 10.3. The van der Waals surface area contributed by atoms with Gasteiger partial charge in [-0.1, -0.05) is 32.3 Å². The van der Waals surface area contributed by atoms with Crippen LogP contribution in [0.4, 0.5) is 0 Å². The SMILES string of the molecule is C=CCC1(CCCCCC)OCCO1. The Labute approximate surface area is 87.3 Å². The molecule has 0 amide bonds. The molecule has 0 aromatic rings. The van der Waals surface area contributed by atoms with E-state index in [4.69, 9.17) is 9.47 Å². The second kappa shape index (κ2) is 6.20. The average Bonchev–Trinajstić information content (AvgIpc) is 2.63. The molecule has 1 aliphatic heterocycles. The van der Waals surface area contributed by atoms with Crippen molar-refractivity contribution in [3.63, 3.8) is 0 Å². The molecule has 0 aromatic carbocycles. The molecule has 0 radical (unpaired) electrons. The van der Waals surface area contributed by atoms with Crippen molar-refractivity contribution < 1.29 is 9.47 Å². The van der Waals surface area contributed by atoms with E-state index in [2.05, 4.69) is 13.5 Å². The molecule has 0 atom stereocenters. The lowest BCUT2D eigenvalue weighted by Crippen LogP contribution is -2.29. The van der Waals surface area contributed by atoms with E-state index < -0.39 is 0 Å². The molecule has 0 spiro atoms. The summed E-state index contributed by atoms with van der Waals surface area (Å²) in [5.74, 6) is -0.324. The topological polar surface area (TPSA) is 18.5 Å². The molecule has 2 nitrogen and oxygen atoms in total. The highest BCUT2D eigenvalue weighted by atomic mass is 16.7. The maximum atomic E-state index is 5.67. The van der Waals surface area contributed by atoms with Gasteiger partial charge in [0.05, 0.1) is 13.2 Å². The Morgan fingerprint density at radius 1 is 1.21 bits per heavy atom. The zero-order valence-corrected chi connectivity index (χ0v) is 9.26. The van der Waals surface area contributed by atoms with Gasteiger partial charge in [0, 0.05) is 12.8 Å². The highest BCUT2D eigenvalue weighted by molar-refractivity contribution is 4.83.